The maximum absolute atomic E-state index is 11.8. The van der Waals surface area contributed by atoms with Gasteiger partial charge in [0.05, 0.1) is 0 Å². The number of amides is 1. The zero-order chi connectivity index (χ0) is 14.1. The fraction of sp³-hybridized carbons (Fsp3) is 0.533. The Morgan fingerprint density at radius 1 is 1.50 bits per heavy atom. The van der Waals surface area contributed by atoms with Crippen molar-refractivity contribution in [2.75, 3.05) is 37.0 Å². The fourth-order valence-electron chi connectivity index (χ4n) is 3.22. The molecule has 0 saturated carbocycles. The van der Waals surface area contributed by atoms with E-state index in [1.165, 1.54) is 0 Å². The maximum Gasteiger partial charge on any atom is 0.246 e. The third-order valence-corrected chi connectivity index (χ3v) is 4.34. The van der Waals surface area contributed by atoms with Gasteiger partial charge in [-0.3, -0.25) is 4.79 Å². The van der Waals surface area contributed by atoms with Crippen LogP contribution in [0.4, 0.5) is 11.4 Å². The molecule has 1 aromatic rings. The first-order valence-electron chi connectivity index (χ1n) is 7.21. The van der Waals surface area contributed by atoms with E-state index in [0.717, 1.165) is 42.9 Å². The molecule has 0 spiro atoms. The van der Waals surface area contributed by atoms with Crippen LogP contribution in [0.25, 0.3) is 0 Å². The van der Waals surface area contributed by atoms with Gasteiger partial charge in [-0.15, -0.1) is 0 Å². The number of nitrogens with one attached hydrogen (secondary N) is 2. The minimum atomic E-state index is -0.236. The van der Waals surface area contributed by atoms with E-state index in [2.05, 4.69) is 27.7 Å². The highest BCUT2D eigenvalue weighted by molar-refractivity contribution is 6.03. The second-order valence-corrected chi connectivity index (χ2v) is 5.60. The topological polar surface area (TPSA) is 64.6 Å². The van der Waals surface area contributed by atoms with E-state index in [9.17, 15) is 4.79 Å². The monoisotopic (exact) mass is 275 g/mol. The van der Waals surface area contributed by atoms with E-state index >= 15 is 0 Å². The maximum atomic E-state index is 11.8. The molecule has 1 saturated heterocycles. The highest BCUT2D eigenvalue weighted by Crippen LogP contribution is 2.35. The van der Waals surface area contributed by atoms with Gasteiger partial charge in [0.1, 0.15) is 6.04 Å². The molecule has 20 heavy (non-hydrogen) atoms. The minimum Gasteiger partial charge on any atom is -0.396 e. The lowest BCUT2D eigenvalue weighted by molar-refractivity contribution is -0.117. The van der Waals surface area contributed by atoms with Gasteiger partial charge in [-0.05, 0) is 37.9 Å². The lowest BCUT2D eigenvalue weighted by Gasteiger charge is -2.19. The van der Waals surface area contributed by atoms with Gasteiger partial charge in [0.25, 0.3) is 0 Å². The molecule has 2 atom stereocenters. The summed E-state index contributed by atoms with van der Waals surface area (Å²) in [7, 11) is 1.80. The number of benzene rings is 1. The average Bonchev–Trinajstić information content (AvgIpc) is 3.01. The van der Waals surface area contributed by atoms with Gasteiger partial charge >= 0.3 is 0 Å². The van der Waals surface area contributed by atoms with Crippen molar-refractivity contribution in [3.63, 3.8) is 0 Å². The molecule has 5 nitrogen and oxygen atoms in total. The van der Waals surface area contributed by atoms with Gasteiger partial charge in [0.15, 0.2) is 0 Å². The van der Waals surface area contributed by atoms with E-state index in [1.807, 2.05) is 6.07 Å². The van der Waals surface area contributed by atoms with Crippen LogP contribution >= 0.6 is 0 Å². The van der Waals surface area contributed by atoms with Crippen LogP contribution in [0, 0.1) is 5.92 Å². The molecule has 2 aliphatic rings. The largest absolute Gasteiger partial charge is 0.396 e. The molecule has 2 heterocycles. The second-order valence-electron chi connectivity index (χ2n) is 5.60. The summed E-state index contributed by atoms with van der Waals surface area (Å²) in [5, 5.41) is 15.0. The van der Waals surface area contributed by atoms with Crippen molar-refractivity contribution in [1.29, 1.82) is 0 Å². The van der Waals surface area contributed by atoms with E-state index in [-0.39, 0.29) is 18.6 Å². The average molecular weight is 275 g/mol. The van der Waals surface area contributed by atoms with Crippen molar-refractivity contribution in [3.8, 4) is 0 Å². The van der Waals surface area contributed by atoms with Crippen molar-refractivity contribution in [2.24, 2.45) is 5.92 Å². The molecule has 0 radical (unpaired) electrons. The Labute approximate surface area is 119 Å². The molecule has 2 aliphatic heterocycles. The van der Waals surface area contributed by atoms with Crippen LogP contribution in [0.3, 0.4) is 0 Å². The number of fused-ring (bicyclic) bond motifs is 1. The van der Waals surface area contributed by atoms with Crippen LogP contribution in [0.2, 0.25) is 0 Å². The van der Waals surface area contributed by atoms with Gasteiger partial charge in [0, 0.05) is 36.6 Å². The standard InChI is InChI=1S/C15H21N3O2/c1-16-14-12-3-2-11(8-13(12)17-15(14)20)18-6-4-10(9-18)5-7-19/h2-3,8,10,14,16,19H,4-7,9H2,1H3,(H,17,20). The highest BCUT2D eigenvalue weighted by atomic mass is 16.3. The molecule has 2 unspecified atom stereocenters. The first-order chi connectivity index (χ1) is 9.72. The Hall–Kier alpha value is -1.59. The van der Waals surface area contributed by atoms with E-state index in [1.54, 1.807) is 7.05 Å². The van der Waals surface area contributed by atoms with E-state index < -0.39 is 0 Å². The van der Waals surface area contributed by atoms with Gasteiger partial charge < -0.3 is 20.6 Å². The highest BCUT2D eigenvalue weighted by Gasteiger charge is 2.30. The van der Waals surface area contributed by atoms with Gasteiger partial charge in [-0.25, -0.2) is 0 Å². The number of rotatable bonds is 4. The summed E-state index contributed by atoms with van der Waals surface area (Å²) >= 11 is 0. The van der Waals surface area contributed by atoms with Crippen LogP contribution in [-0.2, 0) is 4.79 Å². The zero-order valence-corrected chi connectivity index (χ0v) is 11.7. The van der Waals surface area contributed by atoms with Crippen LogP contribution in [0.5, 0.6) is 0 Å². The molecular formula is C15H21N3O2. The molecule has 3 N–H and O–H groups in total. The quantitative estimate of drug-likeness (QED) is 0.770. The van der Waals surface area contributed by atoms with Crippen molar-refractivity contribution in [2.45, 2.75) is 18.9 Å². The molecule has 0 bridgehead atoms. The van der Waals surface area contributed by atoms with Crippen LogP contribution in [0.1, 0.15) is 24.4 Å². The number of carbonyl (C=O) groups is 1. The molecule has 3 rings (SSSR count). The Morgan fingerprint density at radius 2 is 2.35 bits per heavy atom. The van der Waals surface area contributed by atoms with Crippen LogP contribution in [-0.4, -0.2) is 37.8 Å². The number of nitrogens with zero attached hydrogens (tertiary/aromatic N) is 1. The molecule has 5 heteroatoms. The van der Waals surface area contributed by atoms with Crippen LogP contribution < -0.4 is 15.5 Å². The Kier molecular flexibility index (Phi) is 3.63. The van der Waals surface area contributed by atoms with Gasteiger partial charge in [-0.1, -0.05) is 6.07 Å². The number of aliphatic hydroxyl groups is 1. The molecule has 0 aliphatic carbocycles. The predicted molar refractivity (Wildman–Crippen MR) is 78.9 cm³/mol. The van der Waals surface area contributed by atoms with Crippen molar-refractivity contribution < 1.29 is 9.90 Å². The van der Waals surface area contributed by atoms with Crippen molar-refractivity contribution in [1.82, 2.24) is 5.32 Å². The van der Waals surface area contributed by atoms with Gasteiger partial charge in [0.2, 0.25) is 5.91 Å². The Bertz CT molecular complexity index is 518. The third kappa shape index (κ3) is 2.27. The number of hydrogen-bond donors (Lipinski definition) is 3. The number of hydrogen-bond acceptors (Lipinski definition) is 4. The van der Waals surface area contributed by atoms with E-state index in [4.69, 9.17) is 5.11 Å². The molecule has 1 fully saturated rings. The summed E-state index contributed by atoms with van der Waals surface area (Å²) < 4.78 is 0. The Balaban J connectivity index is 1.78. The molecular weight excluding hydrogens is 254 g/mol. The predicted octanol–water partition coefficient (Wildman–Crippen LogP) is 1.11. The zero-order valence-electron chi connectivity index (χ0n) is 11.7. The molecule has 108 valence electrons. The SMILES string of the molecule is CNC1C(=O)Nc2cc(N3CCC(CCO)C3)ccc21. The summed E-state index contributed by atoms with van der Waals surface area (Å²) in [6.07, 6.45) is 2.00. The number of anilines is 2. The lowest BCUT2D eigenvalue weighted by atomic mass is 10.1. The number of aliphatic hydroxyl groups excluding tert-OH is 1. The number of likely N-dealkylation sites (N-methyl/N-ethyl adjacent to an activating group) is 1. The summed E-state index contributed by atoms with van der Waals surface area (Å²) in [6.45, 7) is 2.28. The lowest BCUT2D eigenvalue weighted by Crippen LogP contribution is -2.23. The molecule has 1 amide bonds. The first kappa shape index (κ1) is 13.4. The first-order valence-corrected chi connectivity index (χ1v) is 7.21. The Morgan fingerprint density at radius 3 is 3.10 bits per heavy atom. The second kappa shape index (κ2) is 5.42. The summed E-state index contributed by atoms with van der Waals surface area (Å²) in [4.78, 5) is 14.1. The van der Waals surface area contributed by atoms with Crippen molar-refractivity contribution in [3.05, 3.63) is 23.8 Å². The summed E-state index contributed by atoms with van der Waals surface area (Å²) in [6, 6.07) is 5.94. The number of carbonyl (C=O) groups excluding carboxylic acids is 1. The smallest absolute Gasteiger partial charge is 0.246 e. The van der Waals surface area contributed by atoms with Crippen LogP contribution in [0.15, 0.2) is 18.2 Å². The van der Waals surface area contributed by atoms with Crippen molar-refractivity contribution >= 4 is 17.3 Å². The normalized spacial score (nSPS) is 24.9. The fourth-order valence-corrected chi connectivity index (χ4v) is 3.22. The van der Waals surface area contributed by atoms with Gasteiger partial charge in [-0.2, -0.15) is 0 Å². The van der Waals surface area contributed by atoms with E-state index in [0.29, 0.717) is 5.92 Å². The molecule has 1 aromatic carbocycles. The summed E-state index contributed by atoms with van der Waals surface area (Å²) in [5.41, 5.74) is 3.09. The minimum absolute atomic E-state index is 0.0132. The molecule has 0 aromatic heterocycles. The summed E-state index contributed by atoms with van der Waals surface area (Å²) in [5.74, 6) is 0.590. The third-order valence-electron chi connectivity index (χ3n) is 4.34.